The molecule has 17 heavy (non-hydrogen) atoms. The van der Waals surface area contributed by atoms with Crippen LogP contribution in [-0.4, -0.2) is 19.3 Å². The van der Waals surface area contributed by atoms with Crippen LogP contribution >= 0.6 is 0 Å². The van der Waals surface area contributed by atoms with Crippen molar-refractivity contribution >= 4 is 5.69 Å². The van der Waals surface area contributed by atoms with Crippen molar-refractivity contribution in [3.8, 4) is 6.07 Å². The van der Waals surface area contributed by atoms with E-state index in [1.165, 1.54) is 19.1 Å². The first kappa shape index (κ1) is 13.3. The van der Waals surface area contributed by atoms with Crippen molar-refractivity contribution in [2.75, 3.05) is 18.0 Å². The molecule has 92 valence electrons. The molecule has 0 saturated carbocycles. The van der Waals surface area contributed by atoms with Gasteiger partial charge in [0.25, 0.3) is 0 Å². The molecule has 0 N–H and O–H groups in total. The van der Waals surface area contributed by atoms with Crippen molar-refractivity contribution < 1.29 is 17.6 Å². The third-order valence-electron chi connectivity index (χ3n) is 2.17. The number of alkyl halides is 3. The highest BCUT2D eigenvalue weighted by Gasteiger charge is 2.31. The molecule has 0 amide bonds. The predicted octanol–water partition coefficient (Wildman–Crippen LogP) is 3.09. The zero-order chi connectivity index (χ0) is 13.1. The minimum absolute atomic E-state index is 0.0301. The zero-order valence-corrected chi connectivity index (χ0v) is 9.05. The van der Waals surface area contributed by atoms with Gasteiger partial charge in [0, 0.05) is 6.54 Å². The van der Waals surface area contributed by atoms with Crippen LogP contribution in [0.4, 0.5) is 23.2 Å². The molecule has 1 rings (SSSR count). The van der Waals surface area contributed by atoms with E-state index in [9.17, 15) is 17.6 Å². The molecular formula is C11H10F4N2. The van der Waals surface area contributed by atoms with Crippen LogP contribution < -0.4 is 4.90 Å². The summed E-state index contributed by atoms with van der Waals surface area (Å²) in [5, 5.41) is 8.52. The summed E-state index contributed by atoms with van der Waals surface area (Å²) in [5.41, 5.74) is -0.0712. The lowest BCUT2D eigenvalue weighted by Crippen LogP contribution is -2.34. The molecule has 1 aromatic rings. The van der Waals surface area contributed by atoms with Gasteiger partial charge in [0.15, 0.2) is 0 Å². The SMILES string of the molecule is CCN(CC(F)(F)F)c1ccc(C#N)cc1F. The average Bonchev–Trinajstić information content (AvgIpc) is 2.24. The number of hydrogen-bond donors (Lipinski definition) is 0. The Morgan fingerprint density at radius 1 is 1.35 bits per heavy atom. The summed E-state index contributed by atoms with van der Waals surface area (Å²) < 4.78 is 50.2. The second kappa shape index (κ2) is 5.04. The maximum atomic E-state index is 13.5. The monoisotopic (exact) mass is 246 g/mol. The Kier molecular flexibility index (Phi) is 3.94. The number of hydrogen-bond acceptors (Lipinski definition) is 2. The van der Waals surface area contributed by atoms with Crippen LogP contribution in [0.1, 0.15) is 12.5 Å². The Balaban J connectivity index is 3.01. The first-order valence-corrected chi connectivity index (χ1v) is 4.88. The minimum atomic E-state index is -4.39. The van der Waals surface area contributed by atoms with Gasteiger partial charge >= 0.3 is 6.18 Å². The summed E-state index contributed by atoms with van der Waals surface area (Å²) in [6, 6.07) is 5.12. The van der Waals surface area contributed by atoms with Gasteiger partial charge in [0.2, 0.25) is 0 Å². The Morgan fingerprint density at radius 2 is 2.00 bits per heavy atom. The number of nitrogens with zero attached hydrogens (tertiary/aromatic N) is 2. The van der Waals surface area contributed by atoms with Crippen molar-refractivity contribution in [1.82, 2.24) is 0 Å². The molecule has 0 bridgehead atoms. The summed E-state index contributed by atoms with van der Waals surface area (Å²) >= 11 is 0. The Bertz CT molecular complexity index is 434. The van der Waals surface area contributed by atoms with E-state index >= 15 is 0 Å². The van der Waals surface area contributed by atoms with Crippen molar-refractivity contribution in [3.05, 3.63) is 29.6 Å². The van der Waals surface area contributed by atoms with Gasteiger partial charge in [-0.2, -0.15) is 18.4 Å². The van der Waals surface area contributed by atoms with E-state index in [1.54, 1.807) is 6.07 Å². The molecule has 0 radical (unpaired) electrons. The predicted molar refractivity (Wildman–Crippen MR) is 55.1 cm³/mol. The van der Waals surface area contributed by atoms with Crippen LogP contribution in [0.3, 0.4) is 0 Å². The first-order valence-electron chi connectivity index (χ1n) is 4.88. The molecule has 0 aliphatic carbocycles. The van der Waals surface area contributed by atoms with Gasteiger partial charge in [-0.15, -0.1) is 0 Å². The molecule has 0 heterocycles. The van der Waals surface area contributed by atoms with E-state index in [0.717, 1.165) is 11.0 Å². The molecule has 0 unspecified atom stereocenters. The minimum Gasteiger partial charge on any atom is -0.360 e. The normalized spacial score (nSPS) is 11.1. The number of benzene rings is 1. The number of halogens is 4. The van der Waals surface area contributed by atoms with E-state index in [1.807, 2.05) is 0 Å². The molecular weight excluding hydrogens is 236 g/mol. The summed E-state index contributed by atoms with van der Waals surface area (Å²) in [6.07, 6.45) is -4.39. The maximum Gasteiger partial charge on any atom is 0.405 e. The highest BCUT2D eigenvalue weighted by atomic mass is 19.4. The summed E-state index contributed by atoms with van der Waals surface area (Å²) in [6.45, 7) is 0.317. The standard InChI is InChI=1S/C11H10F4N2/c1-2-17(7-11(13,14)15)10-4-3-8(6-16)5-9(10)12/h3-5H,2,7H2,1H3. The topological polar surface area (TPSA) is 27.0 Å². The molecule has 0 spiro atoms. The van der Waals surface area contributed by atoms with Gasteiger partial charge in [0.05, 0.1) is 17.3 Å². The average molecular weight is 246 g/mol. The molecule has 0 aromatic heterocycles. The van der Waals surface area contributed by atoms with Crippen LogP contribution in [0.25, 0.3) is 0 Å². The van der Waals surface area contributed by atoms with Gasteiger partial charge in [-0.25, -0.2) is 4.39 Å². The first-order chi connectivity index (χ1) is 7.87. The van der Waals surface area contributed by atoms with E-state index in [2.05, 4.69) is 0 Å². The van der Waals surface area contributed by atoms with Crippen LogP contribution in [0.15, 0.2) is 18.2 Å². The number of nitriles is 1. The van der Waals surface area contributed by atoms with Crippen molar-refractivity contribution in [2.24, 2.45) is 0 Å². The Hall–Kier alpha value is -1.77. The molecule has 0 atom stereocenters. The maximum absolute atomic E-state index is 13.5. The lowest BCUT2D eigenvalue weighted by atomic mass is 10.2. The molecule has 0 aliphatic heterocycles. The fourth-order valence-corrected chi connectivity index (χ4v) is 1.42. The van der Waals surface area contributed by atoms with Crippen LogP contribution in [0.5, 0.6) is 0 Å². The van der Waals surface area contributed by atoms with E-state index in [0.29, 0.717) is 0 Å². The third-order valence-corrected chi connectivity index (χ3v) is 2.17. The lowest BCUT2D eigenvalue weighted by Gasteiger charge is -2.24. The van der Waals surface area contributed by atoms with Crippen molar-refractivity contribution in [1.29, 1.82) is 5.26 Å². The Labute approximate surface area is 96.1 Å². The van der Waals surface area contributed by atoms with Crippen LogP contribution in [0, 0.1) is 17.1 Å². The summed E-state index contributed by atoms with van der Waals surface area (Å²) in [7, 11) is 0. The molecule has 0 aliphatic rings. The van der Waals surface area contributed by atoms with Crippen molar-refractivity contribution in [3.63, 3.8) is 0 Å². The van der Waals surface area contributed by atoms with E-state index in [4.69, 9.17) is 5.26 Å². The molecule has 0 fully saturated rings. The lowest BCUT2D eigenvalue weighted by molar-refractivity contribution is -0.119. The molecule has 2 nitrogen and oxygen atoms in total. The second-order valence-electron chi connectivity index (χ2n) is 3.41. The number of rotatable bonds is 3. The quantitative estimate of drug-likeness (QED) is 0.766. The van der Waals surface area contributed by atoms with Crippen LogP contribution in [0.2, 0.25) is 0 Å². The number of anilines is 1. The zero-order valence-electron chi connectivity index (χ0n) is 9.05. The summed E-state index contributed by atoms with van der Waals surface area (Å²) in [4.78, 5) is 0.872. The molecule has 6 heteroatoms. The summed E-state index contributed by atoms with van der Waals surface area (Å²) in [5.74, 6) is -0.824. The van der Waals surface area contributed by atoms with Gasteiger partial charge in [-0.3, -0.25) is 0 Å². The Morgan fingerprint density at radius 3 is 2.41 bits per heavy atom. The van der Waals surface area contributed by atoms with Gasteiger partial charge < -0.3 is 4.90 Å². The van der Waals surface area contributed by atoms with Gasteiger partial charge in [-0.1, -0.05) is 0 Å². The largest absolute Gasteiger partial charge is 0.405 e. The van der Waals surface area contributed by atoms with E-state index in [-0.39, 0.29) is 17.8 Å². The van der Waals surface area contributed by atoms with Crippen LogP contribution in [-0.2, 0) is 0 Å². The smallest absolute Gasteiger partial charge is 0.360 e. The van der Waals surface area contributed by atoms with E-state index < -0.39 is 18.5 Å². The third kappa shape index (κ3) is 3.63. The van der Waals surface area contributed by atoms with Gasteiger partial charge in [0.1, 0.15) is 12.4 Å². The fourth-order valence-electron chi connectivity index (χ4n) is 1.42. The highest BCUT2D eigenvalue weighted by Crippen LogP contribution is 2.24. The molecule has 1 aromatic carbocycles. The molecule has 0 saturated heterocycles. The highest BCUT2D eigenvalue weighted by molar-refractivity contribution is 5.51. The fraction of sp³-hybridized carbons (Fsp3) is 0.364. The van der Waals surface area contributed by atoms with Crippen molar-refractivity contribution in [2.45, 2.75) is 13.1 Å². The van der Waals surface area contributed by atoms with Gasteiger partial charge in [-0.05, 0) is 25.1 Å². The second-order valence-corrected chi connectivity index (χ2v) is 3.41.